The molecule has 0 radical (unpaired) electrons. The van der Waals surface area contributed by atoms with Crippen LogP contribution >= 0.6 is 23.1 Å². The molecular weight excluding hydrogens is 420 g/mol. The summed E-state index contributed by atoms with van der Waals surface area (Å²) >= 11 is 1.83. The number of nitrogens with zero attached hydrogens (tertiary/aromatic N) is 1. The molecule has 3 rings (SSSR count). The molecule has 2 aromatic carbocycles. The van der Waals surface area contributed by atoms with Gasteiger partial charge in [-0.05, 0) is 43.0 Å². The van der Waals surface area contributed by atoms with Gasteiger partial charge in [-0.1, -0.05) is 23.5 Å². The Balaban J connectivity index is 0.000000211. The summed E-state index contributed by atoms with van der Waals surface area (Å²) < 4.78 is 27.0. The summed E-state index contributed by atoms with van der Waals surface area (Å²) in [4.78, 5) is 35.7. The van der Waals surface area contributed by atoms with Crippen molar-refractivity contribution < 1.29 is 23.5 Å². The van der Waals surface area contributed by atoms with Crippen LogP contribution in [0.1, 0.15) is 17.3 Å². The Morgan fingerprint density at radius 1 is 1.07 bits per heavy atom. The van der Waals surface area contributed by atoms with Gasteiger partial charge in [0.2, 0.25) is 0 Å². The summed E-state index contributed by atoms with van der Waals surface area (Å²) in [6.45, 7) is 1.28. The molecule has 0 aliphatic rings. The number of halogens is 2. The second-order valence-electron chi connectivity index (χ2n) is 5.99. The summed E-state index contributed by atoms with van der Waals surface area (Å²) in [5, 5.41) is 8.81. The monoisotopic (exact) mass is 437 g/mol. The SMILES string of the molecule is CC(=O)c1c(F)cccc1SC(=O)N(C)C.O=c1cc(O)sc2cccc(F)c12. The maximum absolute atomic E-state index is 13.4. The predicted octanol–water partition coefficient (Wildman–Crippen LogP) is 4.91. The molecule has 1 aromatic heterocycles. The highest BCUT2D eigenvalue weighted by molar-refractivity contribution is 8.13. The molecule has 29 heavy (non-hydrogen) atoms. The summed E-state index contributed by atoms with van der Waals surface area (Å²) in [5.41, 5.74) is -0.507. The fourth-order valence-electron chi connectivity index (χ4n) is 2.27. The first-order chi connectivity index (χ1) is 13.6. The molecule has 1 amide bonds. The van der Waals surface area contributed by atoms with Gasteiger partial charge in [-0.3, -0.25) is 14.4 Å². The molecule has 0 aliphatic heterocycles. The van der Waals surface area contributed by atoms with Gasteiger partial charge in [-0.2, -0.15) is 0 Å². The quantitative estimate of drug-likeness (QED) is 0.456. The highest BCUT2D eigenvalue weighted by Crippen LogP contribution is 2.27. The maximum atomic E-state index is 13.4. The largest absolute Gasteiger partial charge is 0.499 e. The van der Waals surface area contributed by atoms with Gasteiger partial charge in [0.05, 0.1) is 10.9 Å². The van der Waals surface area contributed by atoms with Crippen molar-refractivity contribution in [2.45, 2.75) is 11.8 Å². The number of benzene rings is 2. The number of Topliss-reactive ketones (excluding diaryl/α,β-unsaturated/α-hetero) is 1. The average Bonchev–Trinajstić information content (AvgIpc) is 2.61. The van der Waals surface area contributed by atoms with Gasteiger partial charge < -0.3 is 10.0 Å². The Morgan fingerprint density at radius 3 is 2.31 bits per heavy atom. The summed E-state index contributed by atoms with van der Waals surface area (Å²) in [6, 6.07) is 9.61. The van der Waals surface area contributed by atoms with E-state index in [4.69, 9.17) is 5.11 Å². The normalized spacial score (nSPS) is 10.2. The van der Waals surface area contributed by atoms with Gasteiger partial charge in [0, 0.05) is 29.8 Å². The van der Waals surface area contributed by atoms with Gasteiger partial charge in [0.15, 0.2) is 16.3 Å². The van der Waals surface area contributed by atoms with Crippen molar-refractivity contribution in [2.75, 3.05) is 14.1 Å². The van der Waals surface area contributed by atoms with Crippen molar-refractivity contribution in [1.82, 2.24) is 4.90 Å². The minimum atomic E-state index is -0.593. The molecule has 0 saturated heterocycles. The van der Waals surface area contributed by atoms with Crippen LogP contribution in [-0.2, 0) is 0 Å². The third-order valence-corrected chi connectivity index (χ3v) is 5.57. The van der Waals surface area contributed by atoms with E-state index in [1.807, 2.05) is 0 Å². The van der Waals surface area contributed by atoms with Gasteiger partial charge in [-0.15, -0.1) is 0 Å². The molecule has 0 aliphatic carbocycles. The van der Waals surface area contributed by atoms with Crippen LogP contribution in [0.3, 0.4) is 0 Å². The number of hydrogen-bond donors (Lipinski definition) is 1. The zero-order valence-corrected chi connectivity index (χ0v) is 17.4. The Hall–Kier alpha value is -2.78. The van der Waals surface area contributed by atoms with Gasteiger partial charge in [-0.25, -0.2) is 8.78 Å². The van der Waals surface area contributed by atoms with Crippen LogP contribution < -0.4 is 5.43 Å². The molecule has 0 bridgehead atoms. The first-order valence-corrected chi connectivity index (χ1v) is 9.85. The van der Waals surface area contributed by atoms with Crippen molar-refractivity contribution in [3.05, 3.63) is 69.9 Å². The number of carbonyl (C=O) groups is 2. The summed E-state index contributed by atoms with van der Waals surface area (Å²) in [6.07, 6.45) is 0. The minimum Gasteiger partial charge on any atom is -0.499 e. The molecule has 0 fully saturated rings. The molecule has 1 heterocycles. The number of rotatable bonds is 2. The van der Waals surface area contributed by atoms with Crippen LogP contribution in [0, 0.1) is 11.6 Å². The molecule has 152 valence electrons. The van der Waals surface area contributed by atoms with Crippen LogP contribution in [0.5, 0.6) is 5.06 Å². The van der Waals surface area contributed by atoms with Crippen LogP contribution in [0.25, 0.3) is 10.1 Å². The molecule has 0 spiro atoms. The molecule has 3 aromatic rings. The molecule has 5 nitrogen and oxygen atoms in total. The van der Waals surface area contributed by atoms with E-state index in [-0.39, 0.29) is 27.0 Å². The third-order valence-electron chi connectivity index (χ3n) is 3.58. The third kappa shape index (κ3) is 5.61. The molecule has 0 unspecified atom stereocenters. The van der Waals surface area contributed by atoms with E-state index in [9.17, 15) is 23.2 Å². The molecule has 0 atom stereocenters. The average molecular weight is 437 g/mol. The Bertz CT molecular complexity index is 1130. The van der Waals surface area contributed by atoms with Gasteiger partial charge in [0.1, 0.15) is 11.6 Å². The van der Waals surface area contributed by atoms with Crippen molar-refractivity contribution in [1.29, 1.82) is 0 Å². The number of amides is 1. The fourth-order valence-corrected chi connectivity index (χ4v) is 3.97. The lowest BCUT2D eigenvalue weighted by Gasteiger charge is -2.11. The first kappa shape index (κ1) is 22.5. The van der Waals surface area contributed by atoms with Crippen LogP contribution in [0.4, 0.5) is 13.6 Å². The predicted molar refractivity (Wildman–Crippen MR) is 111 cm³/mol. The lowest BCUT2D eigenvalue weighted by molar-refractivity contribution is 0.101. The van der Waals surface area contributed by atoms with E-state index < -0.39 is 17.1 Å². The molecule has 1 N–H and O–H groups in total. The molecular formula is C20H17F2NO4S2. The Kier molecular flexibility index (Phi) is 7.46. The minimum absolute atomic E-state index is 0.0253. The van der Waals surface area contributed by atoms with Crippen molar-refractivity contribution in [3.63, 3.8) is 0 Å². The van der Waals surface area contributed by atoms with E-state index in [0.717, 1.165) is 29.2 Å². The number of aromatic hydroxyl groups is 1. The van der Waals surface area contributed by atoms with Crippen molar-refractivity contribution in [3.8, 4) is 5.06 Å². The number of thioether (sulfide) groups is 1. The number of fused-ring (bicyclic) bond motifs is 1. The highest BCUT2D eigenvalue weighted by atomic mass is 32.2. The second kappa shape index (κ2) is 9.62. The van der Waals surface area contributed by atoms with Crippen LogP contribution in [0.2, 0.25) is 0 Å². The standard InChI is InChI=1S/C11H12FNO2S.C9H5FO2S/c1-7(14)10-8(12)5-4-6-9(10)16-11(15)13(2)3;10-5-2-1-3-7-9(5)6(11)4-8(12)13-7/h4-6H,1-3H3;1-4,12H. The van der Waals surface area contributed by atoms with Gasteiger partial charge >= 0.3 is 0 Å². The number of carbonyl (C=O) groups excluding carboxylic acids is 2. The second-order valence-corrected chi connectivity index (χ2v) is 8.05. The zero-order valence-electron chi connectivity index (χ0n) is 15.7. The Labute approximate surface area is 173 Å². The highest BCUT2D eigenvalue weighted by Gasteiger charge is 2.16. The lowest BCUT2D eigenvalue weighted by Crippen LogP contribution is -2.16. The molecule has 9 heteroatoms. The lowest BCUT2D eigenvalue weighted by atomic mass is 10.1. The van der Waals surface area contributed by atoms with Crippen LogP contribution in [0.15, 0.2) is 52.2 Å². The maximum Gasteiger partial charge on any atom is 0.285 e. The number of hydrogen-bond acceptors (Lipinski definition) is 6. The van der Waals surface area contributed by atoms with E-state index in [2.05, 4.69) is 0 Å². The molecule has 0 saturated carbocycles. The smallest absolute Gasteiger partial charge is 0.285 e. The number of ketones is 1. The van der Waals surface area contributed by atoms with E-state index in [1.165, 1.54) is 36.1 Å². The van der Waals surface area contributed by atoms with Crippen LogP contribution in [-0.4, -0.2) is 35.1 Å². The fraction of sp³-hybridized carbons (Fsp3) is 0.150. The van der Waals surface area contributed by atoms with E-state index >= 15 is 0 Å². The van der Waals surface area contributed by atoms with Gasteiger partial charge in [0.25, 0.3) is 5.24 Å². The van der Waals surface area contributed by atoms with E-state index in [0.29, 0.717) is 9.60 Å². The van der Waals surface area contributed by atoms with E-state index in [1.54, 1.807) is 26.2 Å². The van der Waals surface area contributed by atoms with Crippen molar-refractivity contribution in [2.24, 2.45) is 0 Å². The van der Waals surface area contributed by atoms with Crippen molar-refractivity contribution >= 4 is 44.2 Å². The topological polar surface area (TPSA) is 74.7 Å². The first-order valence-electron chi connectivity index (χ1n) is 8.21. The summed E-state index contributed by atoms with van der Waals surface area (Å²) in [7, 11) is 3.20. The summed E-state index contributed by atoms with van der Waals surface area (Å²) in [5.74, 6) is -1.52. The zero-order chi connectivity index (χ0) is 21.7. The Morgan fingerprint density at radius 2 is 1.69 bits per heavy atom.